The molecule has 0 aromatic carbocycles. The molecule has 100 valence electrons. The zero-order chi connectivity index (χ0) is 13.7. The maximum atomic E-state index is 12.0. The summed E-state index contributed by atoms with van der Waals surface area (Å²) in [4.78, 5) is 17.2. The topological polar surface area (TPSA) is 80.0 Å². The molecule has 0 atom stereocenters. The van der Waals surface area contributed by atoms with Gasteiger partial charge in [0.25, 0.3) is 5.91 Å². The second kappa shape index (κ2) is 6.31. The van der Waals surface area contributed by atoms with Gasteiger partial charge in [-0.05, 0) is 35.6 Å². The Morgan fingerprint density at radius 2 is 2.26 bits per heavy atom. The van der Waals surface area contributed by atoms with Gasteiger partial charge in [-0.15, -0.1) is 11.3 Å². The van der Waals surface area contributed by atoms with E-state index < -0.39 is 0 Å². The maximum Gasteiger partial charge on any atom is 0.270 e. The number of pyridine rings is 1. The summed E-state index contributed by atoms with van der Waals surface area (Å²) in [7, 11) is 0. The Bertz CT molecular complexity index is 567. The molecular weight excluding hydrogens is 260 g/mol. The van der Waals surface area contributed by atoms with Gasteiger partial charge in [0, 0.05) is 4.88 Å². The third-order valence-electron chi connectivity index (χ3n) is 2.76. The SMILES string of the molecule is CCc1ccsc1CNC(=O)c1cccc(NN)n1. The molecule has 2 heterocycles. The van der Waals surface area contributed by atoms with Crippen molar-refractivity contribution in [2.24, 2.45) is 5.84 Å². The highest BCUT2D eigenvalue weighted by atomic mass is 32.1. The van der Waals surface area contributed by atoms with E-state index in [0.29, 0.717) is 18.1 Å². The number of hydrogen-bond donors (Lipinski definition) is 3. The van der Waals surface area contributed by atoms with Gasteiger partial charge >= 0.3 is 0 Å². The number of aromatic nitrogens is 1. The second-order valence-electron chi connectivity index (χ2n) is 3.96. The zero-order valence-electron chi connectivity index (χ0n) is 10.6. The fourth-order valence-electron chi connectivity index (χ4n) is 1.73. The highest BCUT2D eigenvalue weighted by Crippen LogP contribution is 2.17. The van der Waals surface area contributed by atoms with Crippen LogP contribution in [0.2, 0.25) is 0 Å². The van der Waals surface area contributed by atoms with Crippen LogP contribution in [0.5, 0.6) is 0 Å². The van der Waals surface area contributed by atoms with E-state index in [1.165, 1.54) is 10.4 Å². The molecule has 2 aromatic heterocycles. The normalized spacial score (nSPS) is 10.2. The minimum atomic E-state index is -0.201. The summed E-state index contributed by atoms with van der Waals surface area (Å²) in [6.07, 6.45) is 0.972. The first-order valence-corrected chi connectivity index (χ1v) is 6.89. The molecule has 19 heavy (non-hydrogen) atoms. The number of anilines is 1. The first-order valence-electron chi connectivity index (χ1n) is 6.01. The van der Waals surface area contributed by atoms with Crippen LogP contribution in [0, 0.1) is 0 Å². The quantitative estimate of drug-likeness (QED) is 0.576. The Morgan fingerprint density at radius 1 is 1.42 bits per heavy atom. The van der Waals surface area contributed by atoms with E-state index in [9.17, 15) is 4.79 Å². The molecule has 0 aliphatic rings. The van der Waals surface area contributed by atoms with Crippen molar-refractivity contribution in [1.29, 1.82) is 0 Å². The average Bonchev–Trinajstić information content (AvgIpc) is 2.92. The number of thiophene rings is 1. The molecule has 4 N–H and O–H groups in total. The van der Waals surface area contributed by atoms with Crippen molar-refractivity contribution in [2.45, 2.75) is 19.9 Å². The Hall–Kier alpha value is -1.92. The first kappa shape index (κ1) is 13.5. The van der Waals surface area contributed by atoms with Gasteiger partial charge in [-0.1, -0.05) is 13.0 Å². The monoisotopic (exact) mass is 276 g/mol. The van der Waals surface area contributed by atoms with Crippen LogP contribution < -0.4 is 16.6 Å². The predicted octanol–water partition coefficient (Wildman–Crippen LogP) is 1.92. The number of carbonyl (C=O) groups is 1. The summed E-state index contributed by atoms with van der Waals surface area (Å²) in [6, 6.07) is 7.18. The lowest BCUT2D eigenvalue weighted by atomic mass is 10.2. The standard InChI is InChI=1S/C13H16N4OS/c1-2-9-6-7-19-11(9)8-15-13(18)10-4-3-5-12(16-10)17-14/h3-7H,2,8,14H2,1H3,(H,15,18)(H,16,17). The highest BCUT2D eigenvalue weighted by Gasteiger charge is 2.09. The molecule has 0 radical (unpaired) electrons. The lowest BCUT2D eigenvalue weighted by Crippen LogP contribution is -2.24. The van der Waals surface area contributed by atoms with Crippen molar-refractivity contribution in [1.82, 2.24) is 10.3 Å². The molecule has 0 aliphatic heterocycles. The number of hydrogen-bond acceptors (Lipinski definition) is 5. The van der Waals surface area contributed by atoms with Crippen molar-refractivity contribution in [3.05, 3.63) is 45.8 Å². The van der Waals surface area contributed by atoms with Crippen molar-refractivity contribution < 1.29 is 4.79 Å². The van der Waals surface area contributed by atoms with Crippen molar-refractivity contribution >= 4 is 23.1 Å². The number of hydrazine groups is 1. The van der Waals surface area contributed by atoms with Crippen LogP contribution in [0.4, 0.5) is 5.82 Å². The Kier molecular flexibility index (Phi) is 4.48. The Balaban J connectivity index is 2.01. The fraction of sp³-hybridized carbons (Fsp3) is 0.231. The molecule has 0 bridgehead atoms. The minimum absolute atomic E-state index is 0.201. The van der Waals surface area contributed by atoms with Gasteiger partial charge in [0.2, 0.25) is 0 Å². The number of nitrogens with one attached hydrogen (secondary N) is 2. The van der Waals surface area contributed by atoms with Gasteiger partial charge in [0.05, 0.1) is 6.54 Å². The summed E-state index contributed by atoms with van der Waals surface area (Å²) in [5.41, 5.74) is 4.05. The summed E-state index contributed by atoms with van der Waals surface area (Å²) in [5, 5.41) is 4.91. The number of rotatable bonds is 5. The molecule has 0 unspecified atom stereocenters. The van der Waals surface area contributed by atoms with Crippen LogP contribution in [-0.4, -0.2) is 10.9 Å². The molecule has 0 fully saturated rings. The largest absolute Gasteiger partial charge is 0.346 e. The number of carbonyl (C=O) groups excluding carboxylic acids is 1. The second-order valence-corrected chi connectivity index (χ2v) is 4.96. The molecule has 5 nitrogen and oxygen atoms in total. The maximum absolute atomic E-state index is 12.0. The van der Waals surface area contributed by atoms with Crippen molar-refractivity contribution in [3.63, 3.8) is 0 Å². The van der Waals surface area contributed by atoms with E-state index in [-0.39, 0.29) is 5.91 Å². The van der Waals surface area contributed by atoms with E-state index in [4.69, 9.17) is 5.84 Å². The van der Waals surface area contributed by atoms with E-state index >= 15 is 0 Å². The van der Waals surface area contributed by atoms with Crippen LogP contribution in [0.25, 0.3) is 0 Å². The average molecular weight is 276 g/mol. The summed E-state index contributed by atoms with van der Waals surface area (Å²) in [5.74, 6) is 5.53. The van der Waals surface area contributed by atoms with Gasteiger partial charge in [-0.3, -0.25) is 4.79 Å². The molecule has 0 saturated heterocycles. The smallest absolute Gasteiger partial charge is 0.270 e. The zero-order valence-corrected chi connectivity index (χ0v) is 11.5. The Morgan fingerprint density at radius 3 is 3.00 bits per heavy atom. The lowest BCUT2D eigenvalue weighted by Gasteiger charge is -2.06. The molecule has 0 spiro atoms. The molecule has 2 aromatic rings. The van der Waals surface area contributed by atoms with Crippen LogP contribution in [0.3, 0.4) is 0 Å². The van der Waals surface area contributed by atoms with E-state index in [0.717, 1.165) is 6.42 Å². The molecule has 2 rings (SSSR count). The van der Waals surface area contributed by atoms with E-state index in [1.54, 1.807) is 29.5 Å². The first-order chi connectivity index (χ1) is 9.24. The van der Waals surface area contributed by atoms with Crippen LogP contribution in [-0.2, 0) is 13.0 Å². The molecule has 0 aliphatic carbocycles. The summed E-state index contributed by atoms with van der Waals surface area (Å²) in [6.45, 7) is 2.63. The fourth-order valence-corrected chi connectivity index (χ4v) is 2.65. The number of nitrogens with two attached hydrogens (primary N) is 1. The molecule has 0 saturated carbocycles. The highest BCUT2D eigenvalue weighted by molar-refractivity contribution is 7.10. The summed E-state index contributed by atoms with van der Waals surface area (Å²) < 4.78 is 0. The van der Waals surface area contributed by atoms with Crippen LogP contribution in [0.15, 0.2) is 29.6 Å². The van der Waals surface area contributed by atoms with Crippen LogP contribution >= 0.6 is 11.3 Å². The van der Waals surface area contributed by atoms with Gasteiger partial charge in [0.15, 0.2) is 0 Å². The van der Waals surface area contributed by atoms with Crippen molar-refractivity contribution in [3.8, 4) is 0 Å². The third-order valence-corrected chi connectivity index (χ3v) is 3.72. The number of nitrogens with zero attached hydrogens (tertiary/aromatic N) is 1. The van der Waals surface area contributed by atoms with Crippen LogP contribution in [0.1, 0.15) is 27.9 Å². The van der Waals surface area contributed by atoms with E-state index in [1.807, 2.05) is 5.38 Å². The van der Waals surface area contributed by atoms with Gasteiger partial charge in [-0.25, -0.2) is 10.8 Å². The predicted molar refractivity (Wildman–Crippen MR) is 76.9 cm³/mol. The van der Waals surface area contributed by atoms with Gasteiger partial charge < -0.3 is 10.7 Å². The van der Waals surface area contributed by atoms with Gasteiger partial charge in [0.1, 0.15) is 11.5 Å². The number of aryl methyl sites for hydroxylation is 1. The van der Waals surface area contributed by atoms with Crippen molar-refractivity contribution in [2.75, 3.05) is 5.43 Å². The minimum Gasteiger partial charge on any atom is -0.346 e. The summed E-state index contributed by atoms with van der Waals surface area (Å²) >= 11 is 1.65. The third kappa shape index (κ3) is 3.30. The lowest BCUT2D eigenvalue weighted by molar-refractivity contribution is 0.0946. The van der Waals surface area contributed by atoms with E-state index in [2.05, 4.69) is 28.7 Å². The molecular formula is C13H16N4OS. The molecule has 1 amide bonds. The Labute approximate surface area is 115 Å². The molecule has 6 heteroatoms. The number of nitrogen functional groups attached to an aromatic ring is 1. The van der Waals surface area contributed by atoms with Gasteiger partial charge in [-0.2, -0.15) is 0 Å². The number of amides is 1.